The van der Waals surface area contributed by atoms with E-state index in [2.05, 4.69) is 17.5 Å². The molecular formula is C19H25N3O5. The summed E-state index contributed by atoms with van der Waals surface area (Å²) in [5.74, 6) is -1.63. The van der Waals surface area contributed by atoms with Crippen LogP contribution in [0.5, 0.6) is 0 Å². The molecule has 0 radical (unpaired) electrons. The molecule has 146 valence electrons. The molecular weight excluding hydrogens is 350 g/mol. The number of urea groups is 1. The van der Waals surface area contributed by atoms with Gasteiger partial charge in [-0.2, -0.15) is 0 Å². The van der Waals surface area contributed by atoms with Crippen LogP contribution in [-0.4, -0.2) is 64.9 Å². The highest BCUT2D eigenvalue weighted by Gasteiger charge is 2.58. The lowest BCUT2D eigenvalue weighted by molar-refractivity contribution is -0.144. The van der Waals surface area contributed by atoms with Crippen LogP contribution in [0.4, 0.5) is 4.79 Å². The average molecular weight is 375 g/mol. The Labute approximate surface area is 157 Å². The highest BCUT2D eigenvalue weighted by molar-refractivity contribution is 6.06. The van der Waals surface area contributed by atoms with Gasteiger partial charge >= 0.3 is 12.0 Å². The lowest BCUT2D eigenvalue weighted by Crippen LogP contribution is -2.50. The fraction of sp³-hybridized carbons (Fsp3) is 0.684. The molecule has 4 aliphatic rings. The highest BCUT2D eigenvalue weighted by atomic mass is 16.4. The molecule has 0 aromatic heterocycles. The first kappa shape index (κ1) is 18.0. The predicted octanol–water partition coefficient (Wildman–Crippen LogP) is 0.546. The van der Waals surface area contributed by atoms with Crippen molar-refractivity contribution < 1.29 is 24.3 Å². The number of hydrogen-bond donors (Lipinski definition) is 2. The number of likely N-dealkylation sites (tertiary alicyclic amines) is 2. The molecule has 2 bridgehead atoms. The molecule has 8 nitrogen and oxygen atoms in total. The third kappa shape index (κ3) is 3.00. The SMILES string of the molecule is CC1CC(C(=O)O)CN(C(=O)NCCN2C(=O)C3C4C=CC(C4)C3C2=O)C1. The molecule has 0 aromatic rings. The van der Waals surface area contributed by atoms with Gasteiger partial charge in [0.05, 0.1) is 17.8 Å². The summed E-state index contributed by atoms with van der Waals surface area (Å²) in [6, 6.07) is -0.339. The molecule has 2 aliphatic carbocycles. The number of carbonyl (C=O) groups is 4. The second-order valence-electron chi connectivity index (χ2n) is 8.34. The smallest absolute Gasteiger partial charge is 0.317 e. The third-order valence-corrected chi connectivity index (χ3v) is 6.47. The Kier molecular flexibility index (Phi) is 4.44. The topological polar surface area (TPSA) is 107 Å². The number of allylic oxidation sites excluding steroid dienone is 2. The number of carbonyl (C=O) groups excluding carboxylic acids is 3. The van der Waals surface area contributed by atoms with Crippen LogP contribution < -0.4 is 5.32 Å². The van der Waals surface area contributed by atoms with E-state index in [0.717, 1.165) is 6.42 Å². The van der Waals surface area contributed by atoms with Crippen molar-refractivity contribution in [2.45, 2.75) is 19.8 Å². The molecule has 27 heavy (non-hydrogen) atoms. The number of carboxylic acid groups (broad SMARTS) is 1. The standard InChI is InChI=1S/C19H25N3O5/c1-10-6-13(18(25)26)9-21(8-10)19(27)20-4-5-22-16(23)14-11-2-3-12(7-11)15(14)17(22)24/h2-3,10-15H,4-9H2,1H3,(H,20,27)(H,25,26). The van der Waals surface area contributed by atoms with Crippen LogP contribution in [0.25, 0.3) is 0 Å². The van der Waals surface area contributed by atoms with Gasteiger partial charge in [-0.3, -0.25) is 19.3 Å². The van der Waals surface area contributed by atoms with Gasteiger partial charge in [0.2, 0.25) is 11.8 Å². The number of nitrogens with one attached hydrogen (secondary N) is 1. The number of nitrogens with zero attached hydrogens (tertiary/aromatic N) is 2. The molecule has 2 heterocycles. The molecule has 2 N–H and O–H groups in total. The van der Waals surface area contributed by atoms with Crippen molar-refractivity contribution >= 4 is 23.8 Å². The minimum Gasteiger partial charge on any atom is -0.481 e. The summed E-state index contributed by atoms with van der Waals surface area (Å²) < 4.78 is 0. The van der Waals surface area contributed by atoms with Crippen molar-refractivity contribution in [2.75, 3.05) is 26.2 Å². The van der Waals surface area contributed by atoms with Gasteiger partial charge in [-0.1, -0.05) is 19.1 Å². The number of hydrogen-bond acceptors (Lipinski definition) is 4. The summed E-state index contributed by atoms with van der Waals surface area (Å²) >= 11 is 0. The number of aliphatic carboxylic acids is 1. The van der Waals surface area contributed by atoms with Crippen molar-refractivity contribution in [3.8, 4) is 0 Å². The van der Waals surface area contributed by atoms with Crippen LogP contribution in [0.15, 0.2) is 12.2 Å². The summed E-state index contributed by atoms with van der Waals surface area (Å²) in [7, 11) is 0. The Hall–Kier alpha value is -2.38. The van der Waals surface area contributed by atoms with Gasteiger partial charge in [-0.15, -0.1) is 0 Å². The molecule has 4 amide bonds. The minimum atomic E-state index is -0.887. The van der Waals surface area contributed by atoms with Gasteiger partial charge in [0.25, 0.3) is 0 Å². The molecule has 1 saturated carbocycles. The summed E-state index contributed by atoms with van der Waals surface area (Å²) in [5, 5.41) is 12.0. The number of rotatable bonds is 4. The number of imide groups is 1. The predicted molar refractivity (Wildman–Crippen MR) is 94.3 cm³/mol. The number of fused-ring (bicyclic) bond motifs is 5. The van der Waals surface area contributed by atoms with Gasteiger partial charge in [0.15, 0.2) is 0 Å². The molecule has 8 heteroatoms. The quantitative estimate of drug-likeness (QED) is 0.551. The van der Waals surface area contributed by atoms with Crippen molar-refractivity contribution in [3.05, 3.63) is 12.2 Å². The molecule has 4 rings (SSSR count). The Bertz CT molecular complexity index is 690. The van der Waals surface area contributed by atoms with Crippen molar-refractivity contribution in [2.24, 2.45) is 35.5 Å². The van der Waals surface area contributed by atoms with Gasteiger partial charge in [-0.25, -0.2) is 4.79 Å². The van der Waals surface area contributed by atoms with E-state index in [0.29, 0.717) is 13.0 Å². The zero-order valence-corrected chi connectivity index (χ0v) is 15.3. The number of amides is 4. The minimum absolute atomic E-state index is 0.117. The second-order valence-corrected chi connectivity index (χ2v) is 8.34. The van der Waals surface area contributed by atoms with Gasteiger partial charge in [-0.05, 0) is 30.6 Å². The van der Waals surface area contributed by atoms with Gasteiger partial charge in [0.1, 0.15) is 0 Å². The van der Waals surface area contributed by atoms with Crippen molar-refractivity contribution in [1.29, 1.82) is 0 Å². The fourth-order valence-electron chi connectivity index (χ4n) is 5.27. The summed E-state index contributed by atoms with van der Waals surface area (Å²) in [6.07, 6.45) is 5.57. The number of carboxylic acids is 1. The van der Waals surface area contributed by atoms with E-state index in [1.54, 1.807) is 0 Å². The average Bonchev–Trinajstić information content (AvgIpc) is 3.30. The lowest BCUT2D eigenvalue weighted by Gasteiger charge is -2.34. The van der Waals surface area contributed by atoms with Crippen LogP contribution in [0, 0.1) is 35.5 Å². The Morgan fingerprint density at radius 2 is 1.74 bits per heavy atom. The molecule has 0 spiro atoms. The molecule has 3 fully saturated rings. The van der Waals surface area contributed by atoms with E-state index < -0.39 is 11.9 Å². The lowest BCUT2D eigenvalue weighted by atomic mass is 9.85. The maximum absolute atomic E-state index is 12.6. The Morgan fingerprint density at radius 3 is 2.33 bits per heavy atom. The fourth-order valence-corrected chi connectivity index (χ4v) is 5.27. The summed E-state index contributed by atoms with van der Waals surface area (Å²) in [6.45, 7) is 2.98. The third-order valence-electron chi connectivity index (χ3n) is 6.47. The largest absolute Gasteiger partial charge is 0.481 e. The zero-order chi connectivity index (χ0) is 19.3. The van der Waals surface area contributed by atoms with Crippen LogP contribution in [-0.2, 0) is 14.4 Å². The van der Waals surface area contributed by atoms with E-state index in [9.17, 15) is 24.3 Å². The van der Waals surface area contributed by atoms with E-state index in [-0.39, 0.29) is 67.1 Å². The van der Waals surface area contributed by atoms with Gasteiger partial charge < -0.3 is 15.3 Å². The molecule has 6 atom stereocenters. The maximum Gasteiger partial charge on any atom is 0.317 e. The normalized spacial score (nSPS) is 37.1. The first-order valence-corrected chi connectivity index (χ1v) is 9.66. The van der Waals surface area contributed by atoms with Crippen LogP contribution >= 0.6 is 0 Å². The van der Waals surface area contributed by atoms with E-state index in [1.807, 2.05) is 6.92 Å². The van der Waals surface area contributed by atoms with E-state index in [1.165, 1.54) is 9.80 Å². The Balaban J connectivity index is 1.30. The monoisotopic (exact) mass is 375 g/mol. The van der Waals surface area contributed by atoms with E-state index >= 15 is 0 Å². The van der Waals surface area contributed by atoms with Crippen molar-refractivity contribution in [3.63, 3.8) is 0 Å². The first-order chi connectivity index (χ1) is 12.9. The molecule has 0 aromatic carbocycles. The number of piperidine rings is 1. The maximum atomic E-state index is 12.6. The first-order valence-electron chi connectivity index (χ1n) is 9.66. The molecule has 6 unspecified atom stereocenters. The van der Waals surface area contributed by atoms with Crippen LogP contribution in [0.1, 0.15) is 19.8 Å². The van der Waals surface area contributed by atoms with Crippen molar-refractivity contribution in [1.82, 2.24) is 15.1 Å². The van der Waals surface area contributed by atoms with E-state index in [4.69, 9.17) is 0 Å². The zero-order valence-electron chi connectivity index (χ0n) is 15.3. The molecule has 2 aliphatic heterocycles. The summed E-state index contributed by atoms with van der Waals surface area (Å²) in [5.41, 5.74) is 0. The second kappa shape index (κ2) is 6.65. The van der Waals surface area contributed by atoms with Crippen LogP contribution in [0.2, 0.25) is 0 Å². The van der Waals surface area contributed by atoms with Gasteiger partial charge in [0, 0.05) is 26.2 Å². The van der Waals surface area contributed by atoms with Crippen LogP contribution in [0.3, 0.4) is 0 Å². The highest BCUT2D eigenvalue weighted by Crippen LogP contribution is 2.52. The summed E-state index contributed by atoms with van der Waals surface area (Å²) in [4.78, 5) is 51.6. The Morgan fingerprint density at radius 1 is 1.11 bits per heavy atom. The molecule has 2 saturated heterocycles.